The molecule has 0 atom stereocenters. The van der Waals surface area contributed by atoms with E-state index in [1.807, 2.05) is 0 Å². The molecule has 1 aliphatic carbocycles. The Balaban J connectivity index is 1.60. The molecular formula is C18H17Cl2N3O2. The second-order valence-electron chi connectivity index (χ2n) is 5.82. The second-order valence-corrected chi connectivity index (χ2v) is 6.64. The Labute approximate surface area is 155 Å². The van der Waals surface area contributed by atoms with Crippen molar-refractivity contribution in [3.8, 4) is 0 Å². The van der Waals surface area contributed by atoms with Gasteiger partial charge in [-0.3, -0.25) is 9.59 Å². The largest absolute Gasteiger partial charge is 0.376 e. The van der Waals surface area contributed by atoms with Gasteiger partial charge in [-0.1, -0.05) is 35.3 Å². The van der Waals surface area contributed by atoms with Crippen molar-refractivity contribution in [2.24, 2.45) is 0 Å². The van der Waals surface area contributed by atoms with Gasteiger partial charge < -0.3 is 16.0 Å². The molecule has 7 heteroatoms. The van der Waals surface area contributed by atoms with Crippen LogP contribution in [0.4, 0.5) is 11.4 Å². The van der Waals surface area contributed by atoms with Gasteiger partial charge in [0.15, 0.2) is 0 Å². The summed E-state index contributed by atoms with van der Waals surface area (Å²) >= 11 is 11.8. The first-order chi connectivity index (χ1) is 12.0. The highest BCUT2D eigenvalue weighted by molar-refractivity contribution is 6.42. The van der Waals surface area contributed by atoms with Crippen LogP contribution >= 0.6 is 23.2 Å². The zero-order valence-corrected chi connectivity index (χ0v) is 14.8. The maximum Gasteiger partial charge on any atom is 0.253 e. The van der Waals surface area contributed by atoms with Gasteiger partial charge in [0.1, 0.15) is 0 Å². The van der Waals surface area contributed by atoms with E-state index in [2.05, 4.69) is 16.0 Å². The van der Waals surface area contributed by atoms with E-state index >= 15 is 0 Å². The Hall–Kier alpha value is -2.24. The number of hydrogen-bond acceptors (Lipinski definition) is 3. The van der Waals surface area contributed by atoms with Crippen LogP contribution in [0.25, 0.3) is 0 Å². The van der Waals surface area contributed by atoms with Crippen LogP contribution in [0, 0.1) is 0 Å². The lowest BCUT2D eigenvalue weighted by Crippen LogP contribution is -2.28. The van der Waals surface area contributed by atoms with Crippen LogP contribution in [0.1, 0.15) is 23.2 Å². The Kier molecular flexibility index (Phi) is 5.46. The molecule has 1 fully saturated rings. The summed E-state index contributed by atoms with van der Waals surface area (Å²) in [4.78, 5) is 24.4. The predicted octanol–water partition coefficient (Wildman–Crippen LogP) is 3.94. The van der Waals surface area contributed by atoms with Gasteiger partial charge >= 0.3 is 0 Å². The van der Waals surface area contributed by atoms with Crippen molar-refractivity contribution in [3.63, 3.8) is 0 Å². The van der Waals surface area contributed by atoms with Crippen LogP contribution in [0.2, 0.25) is 10.0 Å². The molecule has 0 aromatic heterocycles. The van der Waals surface area contributed by atoms with E-state index in [9.17, 15) is 9.59 Å². The Morgan fingerprint density at radius 3 is 2.52 bits per heavy atom. The van der Waals surface area contributed by atoms with Gasteiger partial charge in [-0.25, -0.2) is 0 Å². The van der Waals surface area contributed by atoms with E-state index in [4.69, 9.17) is 23.2 Å². The molecule has 0 aliphatic heterocycles. The molecule has 3 rings (SSSR count). The number of para-hydroxylation sites is 1. The molecule has 1 aliphatic rings. The normalized spacial score (nSPS) is 13.2. The Morgan fingerprint density at radius 2 is 1.80 bits per heavy atom. The summed E-state index contributed by atoms with van der Waals surface area (Å²) in [6, 6.07) is 12.2. The first-order valence-electron chi connectivity index (χ1n) is 7.91. The van der Waals surface area contributed by atoms with E-state index in [1.54, 1.807) is 42.5 Å². The highest BCUT2D eigenvalue weighted by atomic mass is 35.5. The quantitative estimate of drug-likeness (QED) is 0.713. The van der Waals surface area contributed by atoms with E-state index in [0.717, 1.165) is 12.8 Å². The molecule has 0 bridgehead atoms. The molecule has 0 saturated heterocycles. The zero-order valence-electron chi connectivity index (χ0n) is 13.3. The first-order valence-corrected chi connectivity index (χ1v) is 8.67. The zero-order chi connectivity index (χ0) is 17.8. The molecular weight excluding hydrogens is 361 g/mol. The minimum atomic E-state index is -0.266. The van der Waals surface area contributed by atoms with Gasteiger partial charge in [-0.15, -0.1) is 0 Å². The third kappa shape index (κ3) is 4.87. The number of nitrogens with one attached hydrogen (secondary N) is 3. The van der Waals surface area contributed by atoms with E-state index in [1.165, 1.54) is 0 Å². The van der Waals surface area contributed by atoms with Crippen molar-refractivity contribution in [2.45, 2.75) is 18.9 Å². The Bertz CT molecular complexity index is 807. The summed E-state index contributed by atoms with van der Waals surface area (Å²) in [6.45, 7) is 0.0382. The molecule has 5 nitrogen and oxygen atoms in total. The van der Waals surface area contributed by atoms with Crippen LogP contribution < -0.4 is 16.0 Å². The fraction of sp³-hybridized carbons (Fsp3) is 0.222. The number of hydrogen-bond donors (Lipinski definition) is 3. The lowest BCUT2D eigenvalue weighted by molar-refractivity contribution is -0.114. The van der Waals surface area contributed by atoms with Crippen LogP contribution in [-0.2, 0) is 4.79 Å². The maximum absolute atomic E-state index is 12.2. The van der Waals surface area contributed by atoms with Crippen LogP contribution in [0.15, 0.2) is 42.5 Å². The third-order valence-electron chi connectivity index (χ3n) is 3.73. The van der Waals surface area contributed by atoms with Gasteiger partial charge in [0.2, 0.25) is 5.91 Å². The highest BCUT2D eigenvalue weighted by Gasteiger charge is 2.24. The molecule has 0 unspecified atom stereocenters. The topological polar surface area (TPSA) is 70.2 Å². The van der Waals surface area contributed by atoms with E-state index in [0.29, 0.717) is 27.0 Å². The van der Waals surface area contributed by atoms with Crippen LogP contribution in [0.5, 0.6) is 0 Å². The minimum absolute atomic E-state index is 0.0382. The molecule has 0 spiro atoms. The lowest BCUT2D eigenvalue weighted by atomic mass is 10.1. The van der Waals surface area contributed by atoms with Gasteiger partial charge in [-0.2, -0.15) is 0 Å². The summed E-state index contributed by atoms with van der Waals surface area (Å²) in [7, 11) is 0. The molecule has 0 heterocycles. The SMILES string of the molecule is O=C(CNc1ccc(Cl)c(Cl)c1)Nc1ccccc1C(=O)NC1CC1. The van der Waals surface area contributed by atoms with Crippen molar-refractivity contribution in [2.75, 3.05) is 17.2 Å². The standard InChI is InChI=1S/C18H17Cl2N3O2/c19-14-8-7-12(9-15(14)20)21-10-17(24)23-16-4-2-1-3-13(16)18(25)22-11-5-6-11/h1-4,7-9,11,21H,5-6,10H2,(H,22,25)(H,23,24). The predicted molar refractivity (Wildman–Crippen MR) is 101 cm³/mol. The molecule has 130 valence electrons. The molecule has 0 radical (unpaired) electrons. The molecule has 1 saturated carbocycles. The van der Waals surface area contributed by atoms with Crippen LogP contribution in [0.3, 0.4) is 0 Å². The summed E-state index contributed by atoms with van der Waals surface area (Å²) in [6.07, 6.45) is 2.02. The number of benzene rings is 2. The van der Waals surface area contributed by atoms with Gasteiger partial charge in [0.05, 0.1) is 27.8 Å². The summed E-state index contributed by atoms with van der Waals surface area (Å²) in [5.74, 6) is -0.436. The summed E-state index contributed by atoms with van der Waals surface area (Å²) in [5.41, 5.74) is 1.63. The van der Waals surface area contributed by atoms with Crippen LogP contribution in [-0.4, -0.2) is 24.4 Å². The average Bonchev–Trinajstić information content (AvgIpc) is 3.40. The Morgan fingerprint density at radius 1 is 1.04 bits per heavy atom. The third-order valence-corrected chi connectivity index (χ3v) is 4.47. The smallest absolute Gasteiger partial charge is 0.253 e. The van der Waals surface area contributed by atoms with Crippen molar-refractivity contribution in [1.82, 2.24) is 5.32 Å². The number of carbonyl (C=O) groups is 2. The van der Waals surface area contributed by atoms with Crippen molar-refractivity contribution in [1.29, 1.82) is 0 Å². The number of rotatable bonds is 6. The van der Waals surface area contributed by atoms with E-state index < -0.39 is 0 Å². The highest BCUT2D eigenvalue weighted by Crippen LogP contribution is 2.25. The molecule has 3 N–H and O–H groups in total. The molecule has 2 aromatic carbocycles. The summed E-state index contributed by atoms with van der Waals surface area (Å²) in [5, 5.41) is 9.51. The monoisotopic (exact) mass is 377 g/mol. The van der Waals surface area contributed by atoms with Crippen molar-refractivity contribution in [3.05, 3.63) is 58.1 Å². The fourth-order valence-electron chi connectivity index (χ4n) is 2.26. The van der Waals surface area contributed by atoms with Gasteiger partial charge in [0, 0.05) is 11.7 Å². The maximum atomic E-state index is 12.2. The van der Waals surface area contributed by atoms with Crippen molar-refractivity contribution >= 4 is 46.4 Å². The molecule has 25 heavy (non-hydrogen) atoms. The van der Waals surface area contributed by atoms with Gasteiger partial charge in [0.25, 0.3) is 5.91 Å². The average molecular weight is 378 g/mol. The van der Waals surface area contributed by atoms with Gasteiger partial charge in [-0.05, 0) is 43.2 Å². The minimum Gasteiger partial charge on any atom is -0.376 e. The number of carbonyl (C=O) groups excluding carboxylic acids is 2. The second kappa shape index (κ2) is 7.76. The molecule has 2 aromatic rings. The lowest BCUT2D eigenvalue weighted by Gasteiger charge is -2.12. The molecule has 2 amide bonds. The fourth-order valence-corrected chi connectivity index (χ4v) is 2.56. The first kappa shape index (κ1) is 17.6. The van der Waals surface area contributed by atoms with Crippen molar-refractivity contribution < 1.29 is 9.59 Å². The summed E-state index contributed by atoms with van der Waals surface area (Å²) < 4.78 is 0. The van der Waals surface area contributed by atoms with E-state index in [-0.39, 0.29) is 24.4 Å². The number of amides is 2. The number of anilines is 2. The number of halogens is 2.